The number of rotatable bonds is 9. The van der Waals surface area contributed by atoms with Gasteiger partial charge in [0.2, 0.25) is 5.91 Å². The molecule has 1 aliphatic carbocycles. The van der Waals surface area contributed by atoms with Crippen LogP contribution in [0, 0.1) is 0 Å². The molecule has 2 aliphatic rings. The van der Waals surface area contributed by atoms with Gasteiger partial charge in [0, 0.05) is 50.6 Å². The van der Waals surface area contributed by atoms with Crippen molar-refractivity contribution < 1.29 is 35.9 Å². The van der Waals surface area contributed by atoms with Crippen LogP contribution in [-0.2, 0) is 50.8 Å². The fraction of sp³-hybridized carbons (Fsp3) is 0.565. The van der Waals surface area contributed by atoms with Gasteiger partial charge in [0.05, 0.1) is 5.69 Å². The first kappa shape index (κ1) is 26.4. The number of aryl methyl sites for hydroxylation is 2. The Morgan fingerprint density at radius 2 is 2.11 bits per heavy atom. The summed E-state index contributed by atoms with van der Waals surface area (Å²) in [5, 5.41) is 11.0. The first-order chi connectivity index (χ1) is 16.9. The Balaban J connectivity index is 1.58. The molecule has 0 saturated heterocycles. The molecule has 0 saturated carbocycles. The van der Waals surface area contributed by atoms with Gasteiger partial charge >= 0.3 is 6.18 Å². The second-order valence-electron chi connectivity index (χ2n) is 9.30. The van der Waals surface area contributed by atoms with E-state index in [9.17, 15) is 26.4 Å². The minimum absolute atomic E-state index is 0.179. The topological polar surface area (TPSA) is 112 Å². The summed E-state index contributed by atoms with van der Waals surface area (Å²) >= 11 is 0. The monoisotopic (exact) mass is 530 g/mol. The third-order valence-electron chi connectivity index (χ3n) is 6.39. The van der Waals surface area contributed by atoms with E-state index in [2.05, 4.69) is 10.6 Å². The van der Waals surface area contributed by atoms with E-state index in [1.165, 1.54) is 0 Å². The van der Waals surface area contributed by atoms with Crippen LogP contribution in [-0.4, -0.2) is 62.6 Å². The van der Waals surface area contributed by atoms with Crippen molar-refractivity contribution >= 4 is 21.6 Å². The summed E-state index contributed by atoms with van der Waals surface area (Å²) in [4.78, 5) is 12.4. The van der Waals surface area contributed by atoms with E-state index >= 15 is 0 Å². The van der Waals surface area contributed by atoms with Crippen LogP contribution >= 0.6 is 0 Å². The van der Waals surface area contributed by atoms with E-state index < -0.39 is 39.8 Å². The lowest BCUT2D eigenvalue weighted by atomic mass is 9.83. The molecule has 1 aromatic carbocycles. The SMILES string of the molecule is COCCCn1nc2c(c1NC(=O)CS(C)(=O)=O)CN[C@]1(CCc3cc(OCC(F)(F)F)ccc31)C2. The molecule has 0 bridgehead atoms. The fourth-order valence-electron chi connectivity index (χ4n) is 4.90. The number of methoxy groups -OCH3 is 1. The molecule has 13 heteroatoms. The second-order valence-corrected chi connectivity index (χ2v) is 11.4. The highest BCUT2D eigenvalue weighted by Crippen LogP contribution is 2.44. The number of hydrogen-bond donors (Lipinski definition) is 2. The van der Waals surface area contributed by atoms with Crippen LogP contribution in [0.25, 0.3) is 0 Å². The van der Waals surface area contributed by atoms with E-state index in [1.807, 2.05) is 0 Å². The zero-order valence-corrected chi connectivity index (χ0v) is 20.9. The van der Waals surface area contributed by atoms with Crippen molar-refractivity contribution in [1.82, 2.24) is 15.1 Å². The number of hydrogen-bond acceptors (Lipinski definition) is 7. The van der Waals surface area contributed by atoms with E-state index in [0.29, 0.717) is 44.8 Å². The molecular weight excluding hydrogens is 501 g/mol. The van der Waals surface area contributed by atoms with Crippen molar-refractivity contribution in [1.29, 1.82) is 0 Å². The average Bonchev–Trinajstić information content (AvgIpc) is 3.28. The van der Waals surface area contributed by atoms with Crippen molar-refractivity contribution in [2.45, 2.75) is 50.5 Å². The highest BCUT2D eigenvalue weighted by Gasteiger charge is 2.43. The summed E-state index contributed by atoms with van der Waals surface area (Å²) in [5.41, 5.74) is 3.05. The molecule has 1 aromatic heterocycles. The van der Waals surface area contributed by atoms with Gasteiger partial charge < -0.3 is 20.1 Å². The summed E-state index contributed by atoms with van der Waals surface area (Å²) in [5.74, 6) is -0.621. The summed E-state index contributed by atoms with van der Waals surface area (Å²) < 4.78 is 72.4. The zero-order valence-electron chi connectivity index (χ0n) is 20.1. The van der Waals surface area contributed by atoms with Gasteiger partial charge in [0.1, 0.15) is 17.3 Å². The highest BCUT2D eigenvalue weighted by molar-refractivity contribution is 7.91. The molecule has 0 radical (unpaired) electrons. The summed E-state index contributed by atoms with van der Waals surface area (Å²) in [6, 6.07) is 5.01. The average molecular weight is 531 g/mol. The molecule has 198 valence electrons. The Kier molecular flexibility index (Phi) is 7.35. The van der Waals surface area contributed by atoms with E-state index in [0.717, 1.165) is 35.1 Å². The maximum Gasteiger partial charge on any atom is 0.422 e. The van der Waals surface area contributed by atoms with Crippen molar-refractivity contribution in [2.24, 2.45) is 0 Å². The van der Waals surface area contributed by atoms with Crippen molar-refractivity contribution in [3.8, 4) is 5.75 Å². The van der Waals surface area contributed by atoms with Crippen LogP contribution in [0.3, 0.4) is 0 Å². The molecule has 0 unspecified atom stereocenters. The number of fused-ring (bicyclic) bond motifs is 3. The summed E-state index contributed by atoms with van der Waals surface area (Å²) in [7, 11) is -1.91. The highest BCUT2D eigenvalue weighted by atomic mass is 32.2. The van der Waals surface area contributed by atoms with E-state index in [-0.39, 0.29) is 5.75 Å². The maximum absolute atomic E-state index is 12.5. The Bertz CT molecular complexity index is 1250. The van der Waals surface area contributed by atoms with Crippen molar-refractivity contribution in [2.75, 3.05) is 37.6 Å². The summed E-state index contributed by atoms with van der Waals surface area (Å²) in [6.45, 7) is 0.0150. The lowest BCUT2D eigenvalue weighted by Crippen LogP contribution is -2.45. The Hall–Kier alpha value is -2.64. The molecule has 36 heavy (non-hydrogen) atoms. The van der Waals surface area contributed by atoms with E-state index in [1.54, 1.807) is 30.0 Å². The van der Waals surface area contributed by atoms with Crippen molar-refractivity contribution in [3.63, 3.8) is 0 Å². The van der Waals surface area contributed by atoms with Gasteiger partial charge in [-0.1, -0.05) is 6.07 Å². The number of halogens is 3. The number of benzene rings is 1. The van der Waals surface area contributed by atoms with Gasteiger partial charge in [-0.3, -0.25) is 4.79 Å². The molecule has 9 nitrogen and oxygen atoms in total. The standard InChI is InChI=1S/C23H29F3N4O5S/c1-34-9-3-8-30-21(28-20(31)13-36(2,32)33)17-12-27-22(11-19(17)29-30)7-6-15-10-16(4-5-18(15)22)35-14-23(24,25)26/h4-5,10,27H,3,6-9,11-14H2,1-2H3,(H,28,31)/t22-/m1/s1. The van der Waals surface area contributed by atoms with Crippen LogP contribution < -0.4 is 15.4 Å². The number of nitrogens with one attached hydrogen (secondary N) is 2. The maximum atomic E-state index is 12.5. The number of ether oxygens (including phenoxy) is 2. The molecular formula is C23H29F3N4O5S. The molecule has 2 heterocycles. The molecule has 2 N–H and O–H groups in total. The van der Waals surface area contributed by atoms with Gasteiger partial charge in [0.25, 0.3) is 0 Å². The molecule has 1 amide bonds. The lowest BCUT2D eigenvalue weighted by molar-refractivity contribution is -0.153. The van der Waals surface area contributed by atoms with Crippen molar-refractivity contribution in [3.05, 3.63) is 40.6 Å². The van der Waals surface area contributed by atoms with Gasteiger partial charge in [-0.15, -0.1) is 0 Å². The van der Waals surface area contributed by atoms with Gasteiger partial charge in [-0.25, -0.2) is 13.1 Å². The van der Waals surface area contributed by atoms with Crippen LogP contribution in [0.5, 0.6) is 5.75 Å². The van der Waals surface area contributed by atoms with Gasteiger partial charge in [-0.05, 0) is 42.5 Å². The minimum Gasteiger partial charge on any atom is -0.484 e. The normalized spacial score (nSPS) is 19.2. The number of carbonyl (C=O) groups is 1. The first-order valence-electron chi connectivity index (χ1n) is 11.5. The lowest BCUT2D eigenvalue weighted by Gasteiger charge is -2.35. The quantitative estimate of drug-likeness (QED) is 0.479. The van der Waals surface area contributed by atoms with Gasteiger partial charge in [-0.2, -0.15) is 18.3 Å². The molecule has 0 fully saturated rings. The Labute approximate surface area is 207 Å². The molecule has 2 aromatic rings. The number of aromatic nitrogens is 2. The number of sulfone groups is 1. The number of nitrogens with zero attached hydrogens (tertiary/aromatic N) is 2. The molecule has 4 rings (SSSR count). The Morgan fingerprint density at radius 1 is 1.33 bits per heavy atom. The second kappa shape index (κ2) is 10.0. The molecule has 1 atom stereocenters. The first-order valence-corrected chi connectivity index (χ1v) is 13.6. The minimum atomic E-state index is -4.40. The van der Waals surface area contributed by atoms with Crippen LogP contribution in [0.4, 0.5) is 19.0 Å². The third-order valence-corrected chi connectivity index (χ3v) is 7.18. The van der Waals surface area contributed by atoms with E-state index in [4.69, 9.17) is 14.6 Å². The van der Waals surface area contributed by atoms with Crippen LogP contribution in [0.15, 0.2) is 18.2 Å². The van der Waals surface area contributed by atoms with Crippen LogP contribution in [0.1, 0.15) is 35.2 Å². The largest absolute Gasteiger partial charge is 0.484 e. The number of carbonyl (C=O) groups excluding carboxylic acids is 1. The number of alkyl halides is 3. The predicted molar refractivity (Wildman–Crippen MR) is 126 cm³/mol. The van der Waals surface area contributed by atoms with Gasteiger partial charge in [0.15, 0.2) is 16.4 Å². The smallest absolute Gasteiger partial charge is 0.422 e. The zero-order chi connectivity index (χ0) is 26.1. The summed E-state index contributed by atoms with van der Waals surface area (Å²) in [6.07, 6.45) is -0.832. The molecule has 1 spiro atoms. The molecule has 1 aliphatic heterocycles. The Morgan fingerprint density at radius 3 is 2.81 bits per heavy atom. The number of amides is 1. The number of anilines is 1. The predicted octanol–water partition coefficient (Wildman–Crippen LogP) is 2.33. The third kappa shape index (κ3) is 6.01. The van der Waals surface area contributed by atoms with Crippen LogP contribution in [0.2, 0.25) is 0 Å². The fourth-order valence-corrected chi connectivity index (χ4v) is 5.45.